The highest BCUT2D eigenvalue weighted by molar-refractivity contribution is 7.99. The first kappa shape index (κ1) is 13.8. The van der Waals surface area contributed by atoms with Crippen molar-refractivity contribution in [2.45, 2.75) is 18.7 Å². The lowest BCUT2D eigenvalue weighted by Crippen LogP contribution is -2.04. The van der Waals surface area contributed by atoms with Crippen LogP contribution in [0.4, 0.5) is 0 Å². The Labute approximate surface area is 115 Å². The number of aliphatic hydroxyl groups is 1. The van der Waals surface area contributed by atoms with Gasteiger partial charge in [-0.2, -0.15) is 0 Å². The third-order valence-electron chi connectivity index (χ3n) is 2.77. The molecule has 5 nitrogen and oxygen atoms in total. The van der Waals surface area contributed by atoms with Crippen molar-refractivity contribution in [1.29, 1.82) is 0 Å². The number of thioether (sulfide) groups is 1. The number of hydrogen-bond acceptors (Lipinski definition) is 5. The molecule has 0 atom stereocenters. The third-order valence-corrected chi connectivity index (χ3v) is 3.79. The van der Waals surface area contributed by atoms with E-state index in [1.807, 2.05) is 31.2 Å². The van der Waals surface area contributed by atoms with Crippen LogP contribution in [0.15, 0.2) is 29.4 Å². The van der Waals surface area contributed by atoms with Crippen LogP contribution in [0.2, 0.25) is 0 Å². The Morgan fingerprint density at radius 3 is 2.58 bits per heavy atom. The normalized spacial score (nSPS) is 10.7. The topological polar surface area (TPSA) is 68.0 Å². The summed E-state index contributed by atoms with van der Waals surface area (Å²) >= 11 is 1.32. The molecule has 100 valence electrons. The molecule has 1 N–H and O–H groups in total. The number of aromatic nitrogens is 3. The molecule has 1 aromatic heterocycles. The van der Waals surface area contributed by atoms with Gasteiger partial charge in [0.25, 0.3) is 0 Å². The van der Waals surface area contributed by atoms with Crippen molar-refractivity contribution >= 4 is 17.5 Å². The number of hydrogen-bond donors (Lipinski definition) is 1. The molecule has 0 aliphatic carbocycles. The lowest BCUT2D eigenvalue weighted by Gasteiger charge is -2.02. The minimum absolute atomic E-state index is 0.0542. The standard InChI is InChI=1S/C13H15N3O2S/c1-9-3-5-10(6-4-9)11(18)8-19-13-15-14-12(7-17)16(13)2/h3-6,17H,7-8H2,1-2H3. The second kappa shape index (κ2) is 5.99. The van der Waals surface area contributed by atoms with E-state index in [-0.39, 0.29) is 12.4 Å². The van der Waals surface area contributed by atoms with Crippen LogP contribution in [0.25, 0.3) is 0 Å². The number of benzene rings is 1. The fourth-order valence-corrected chi connectivity index (χ4v) is 2.39. The molecule has 0 spiro atoms. The molecule has 19 heavy (non-hydrogen) atoms. The van der Waals surface area contributed by atoms with Gasteiger partial charge in [-0.1, -0.05) is 41.6 Å². The Hall–Kier alpha value is -1.66. The fraction of sp³-hybridized carbons (Fsp3) is 0.308. The smallest absolute Gasteiger partial charge is 0.191 e. The van der Waals surface area contributed by atoms with E-state index in [1.165, 1.54) is 11.8 Å². The van der Waals surface area contributed by atoms with Crippen molar-refractivity contribution in [1.82, 2.24) is 14.8 Å². The van der Waals surface area contributed by atoms with E-state index in [1.54, 1.807) is 11.6 Å². The van der Waals surface area contributed by atoms with Crippen molar-refractivity contribution in [2.24, 2.45) is 7.05 Å². The molecule has 1 aromatic carbocycles. The van der Waals surface area contributed by atoms with Crippen LogP contribution >= 0.6 is 11.8 Å². The van der Waals surface area contributed by atoms with E-state index >= 15 is 0 Å². The minimum Gasteiger partial charge on any atom is -0.388 e. The second-order valence-corrected chi connectivity index (χ2v) is 5.14. The predicted molar refractivity (Wildman–Crippen MR) is 73.2 cm³/mol. The number of nitrogens with zero attached hydrogens (tertiary/aromatic N) is 3. The van der Waals surface area contributed by atoms with Crippen LogP contribution in [0, 0.1) is 6.92 Å². The summed E-state index contributed by atoms with van der Waals surface area (Å²) in [6, 6.07) is 7.50. The van der Waals surface area contributed by atoms with E-state index < -0.39 is 0 Å². The van der Waals surface area contributed by atoms with Crippen LogP contribution in [0.5, 0.6) is 0 Å². The molecule has 0 radical (unpaired) electrons. The number of ketones is 1. The zero-order valence-electron chi connectivity index (χ0n) is 10.8. The van der Waals surface area contributed by atoms with Gasteiger partial charge >= 0.3 is 0 Å². The Kier molecular flexibility index (Phi) is 4.34. The fourth-order valence-electron chi connectivity index (χ4n) is 1.56. The van der Waals surface area contributed by atoms with Gasteiger partial charge < -0.3 is 9.67 Å². The van der Waals surface area contributed by atoms with E-state index in [9.17, 15) is 4.79 Å². The Bertz CT molecular complexity index is 578. The molecule has 0 aliphatic heterocycles. The summed E-state index contributed by atoms with van der Waals surface area (Å²) < 4.78 is 1.69. The molecular weight excluding hydrogens is 262 g/mol. The molecule has 1 heterocycles. The van der Waals surface area contributed by atoms with Gasteiger partial charge in [-0.15, -0.1) is 10.2 Å². The largest absolute Gasteiger partial charge is 0.388 e. The molecule has 2 aromatic rings. The van der Waals surface area contributed by atoms with E-state index in [0.29, 0.717) is 22.3 Å². The van der Waals surface area contributed by atoms with Crippen LogP contribution in [-0.4, -0.2) is 31.4 Å². The van der Waals surface area contributed by atoms with Crippen molar-refractivity contribution in [2.75, 3.05) is 5.75 Å². The molecule has 0 fully saturated rings. The van der Waals surface area contributed by atoms with Crippen LogP contribution < -0.4 is 0 Å². The third kappa shape index (κ3) is 3.21. The van der Waals surface area contributed by atoms with Gasteiger partial charge in [0.1, 0.15) is 6.61 Å². The molecule has 0 saturated heterocycles. The monoisotopic (exact) mass is 277 g/mol. The van der Waals surface area contributed by atoms with Gasteiger partial charge in [0.15, 0.2) is 16.8 Å². The second-order valence-electron chi connectivity index (χ2n) is 4.19. The number of rotatable bonds is 5. The number of carbonyl (C=O) groups is 1. The van der Waals surface area contributed by atoms with Crippen molar-refractivity contribution in [3.05, 3.63) is 41.2 Å². The number of aryl methyl sites for hydroxylation is 1. The van der Waals surface area contributed by atoms with Gasteiger partial charge in [0, 0.05) is 12.6 Å². The SMILES string of the molecule is Cc1ccc(C(=O)CSc2nnc(CO)n2C)cc1. The van der Waals surface area contributed by atoms with Crippen molar-refractivity contribution in [3.63, 3.8) is 0 Å². The summed E-state index contributed by atoms with van der Waals surface area (Å²) in [5, 5.41) is 17.4. The number of aliphatic hydroxyl groups excluding tert-OH is 1. The maximum absolute atomic E-state index is 12.0. The van der Waals surface area contributed by atoms with E-state index in [0.717, 1.165) is 5.56 Å². The van der Waals surface area contributed by atoms with E-state index in [2.05, 4.69) is 10.2 Å². The summed E-state index contributed by atoms with van der Waals surface area (Å²) in [5.74, 6) is 0.851. The molecule has 2 rings (SSSR count). The quantitative estimate of drug-likeness (QED) is 0.664. The maximum atomic E-state index is 12.0. The summed E-state index contributed by atoms with van der Waals surface area (Å²) in [4.78, 5) is 12.0. The first-order valence-electron chi connectivity index (χ1n) is 5.83. The summed E-state index contributed by atoms with van der Waals surface area (Å²) in [6.07, 6.45) is 0. The highest BCUT2D eigenvalue weighted by Crippen LogP contribution is 2.17. The zero-order valence-corrected chi connectivity index (χ0v) is 11.6. The lowest BCUT2D eigenvalue weighted by molar-refractivity contribution is 0.102. The lowest BCUT2D eigenvalue weighted by atomic mass is 10.1. The summed E-state index contributed by atoms with van der Waals surface area (Å²) in [7, 11) is 1.77. The van der Waals surface area contributed by atoms with Crippen LogP contribution in [0.1, 0.15) is 21.7 Å². The predicted octanol–water partition coefficient (Wildman–Crippen LogP) is 1.59. The molecule has 0 aliphatic rings. The first-order valence-corrected chi connectivity index (χ1v) is 6.82. The number of carbonyl (C=O) groups excluding carboxylic acids is 1. The minimum atomic E-state index is -0.157. The summed E-state index contributed by atoms with van der Waals surface area (Å²) in [6.45, 7) is 1.83. The van der Waals surface area contributed by atoms with Crippen LogP contribution in [0.3, 0.4) is 0 Å². The zero-order chi connectivity index (χ0) is 13.8. The molecular formula is C13H15N3O2S. The van der Waals surface area contributed by atoms with Gasteiger partial charge in [0.2, 0.25) is 0 Å². The van der Waals surface area contributed by atoms with Crippen molar-refractivity contribution in [3.8, 4) is 0 Å². The van der Waals surface area contributed by atoms with Gasteiger partial charge in [0.05, 0.1) is 5.75 Å². The first-order chi connectivity index (χ1) is 9.11. The summed E-state index contributed by atoms with van der Waals surface area (Å²) in [5.41, 5.74) is 1.83. The van der Waals surface area contributed by atoms with Gasteiger partial charge in [-0.3, -0.25) is 4.79 Å². The van der Waals surface area contributed by atoms with Gasteiger partial charge in [-0.25, -0.2) is 0 Å². The average Bonchev–Trinajstić information content (AvgIpc) is 2.77. The Morgan fingerprint density at radius 1 is 1.32 bits per heavy atom. The van der Waals surface area contributed by atoms with E-state index in [4.69, 9.17) is 5.11 Å². The molecule has 0 amide bonds. The molecule has 0 bridgehead atoms. The van der Waals surface area contributed by atoms with Gasteiger partial charge in [-0.05, 0) is 6.92 Å². The highest BCUT2D eigenvalue weighted by atomic mass is 32.2. The van der Waals surface area contributed by atoms with Crippen molar-refractivity contribution < 1.29 is 9.90 Å². The number of Topliss-reactive ketones (excluding diaryl/α,β-unsaturated/α-hetero) is 1. The maximum Gasteiger partial charge on any atom is 0.191 e. The average molecular weight is 277 g/mol. The van der Waals surface area contributed by atoms with Crippen LogP contribution in [-0.2, 0) is 13.7 Å². The Morgan fingerprint density at radius 2 is 2.00 bits per heavy atom. The highest BCUT2D eigenvalue weighted by Gasteiger charge is 2.11. The molecule has 0 saturated carbocycles. The molecule has 0 unspecified atom stereocenters. The molecule has 6 heteroatoms. The Balaban J connectivity index is 2.00.